The van der Waals surface area contributed by atoms with Crippen molar-refractivity contribution >= 4 is 17.5 Å². The Hall–Kier alpha value is -3.58. The molecule has 3 heterocycles. The van der Waals surface area contributed by atoms with Gasteiger partial charge in [-0.2, -0.15) is 18.3 Å². The van der Waals surface area contributed by atoms with Gasteiger partial charge in [-0.25, -0.2) is 23.3 Å². The fourth-order valence-electron chi connectivity index (χ4n) is 5.51. The summed E-state index contributed by atoms with van der Waals surface area (Å²) >= 11 is 0. The van der Waals surface area contributed by atoms with Crippen LogP contribution in [0.3, 0.4) is 0 Å². The summed E-state index contributed by atoms with van der Waals surface area (Å²) in [6, 6.07) is 0.476. The number of aromatic nitrogens is 4. The van der Waals surface area contributed by atoms with Gasteiger partial charge in [0.05, 0.1) is 36.6 Å². The summed E-state index contributed by atoms with van der Waals surface area (Å²) in [7, 11) is 0. The van der Waals surface area contributed by atoms with Crippen LogP contribution in [0, 0.1) is 11.8 Å². The number of alkyl halides is 5. The van der Waals surface area contributed by atoms with Gasteiger partial charge in [0.1, 0.15) is 5.76 Å². The van der Waals surface area contributed by atoms with Crippen LogP contribution in [-0.4, -0.2) is 43.5 Å². The fourth-order valence-corrected chi connectivity index (χ4v) is 5.51. The van der Waals surface area contributed by atoms with E-state index in [1.54, 1.807) is 12.3 Å². The van der Waals surface area contributed by atoms with Crippen molar-refractivity contribution < 1.29 is 36.0 Å². The van der Waals surface area contributed by atoms with Crippen LogP contribution in [-0.2, 0) is 4.79 Å². The number of imidazole rings is 1. The number of nitrogens with zero attached hydrogens (tertiary/aromatic N) is 4. The molecule has 2 amide bonds. The second-order valence-electron chi connectivity index (χ2n) is 11.6. The molecule has 0 aliphatic heterocycles. The molecular weight excluding hydrogens is 563 g/mol. The van der Waals surface area contributed by atoms with Crippen LogP contribution in [0.5, 0.6) is 0 Å². The highest BCUT2D eigenvalue weighted by molar-refractivity contribution is 5.93. The first-order valence-corrected chi connectivity index (χ1v) is 14.1. The second-order valence-corrected chi connectivity index (χ2v) is 11.6. The summed E-state index contributed by atoms with van der Waals surface area (Å²) in [6.45, 7) is 3.72. The van der Waals surface area contributed by atoms with Gasteiger partial charge in [-0.3, -0.25) is 9.59 Å². The highest BCUT2D eigenvalue weighted by Gasteiger charge is 2.40. The Balaban J connectivity index is 1.40. The topological polar surface area (TPSA) is 114 Å². The van der Waals surface area contributed by atoms with Crippen molar-refractivity contribution in [2.24, 2.45) is 11.8 Å². The van der Waals surface area contributed by atoms with Gasteiger partial charge in [0, 0.05) is 25.2 Å². The number of carbonyl (C=O) groups is 2. The van der Waals surface area contributed by atoms with E-state index in [0.29, 0.717) is 22.7 Å². The van der Waals surface area contributed by atoms with Crippen LogP contribution in [0.1, 0.15) is 111 Å². The minimum absolute atomic E-state index is 0.0760. The maximum atomic E-state index is 14.0. The van der Waals surface area contributed by atoms with Crippen molar-refractivity contribution in [1.82, 2.24) is 30.2 Å². The average molecular weight is 597 g/mol. The molecule has 0 radical (unpaired) electrons. The molecule has 9 nitrogen and oxygen atoms in total. The number of fused-ring (bicyclic) bond motifs is 1. The zero-order valence-corrected chi connectivity index (χ0v) is 23.3. The molecule has 42 heavy (non-hydrogen) atoms. The standard InChI is InChI=1S/C28H33F5N6O3/c1-15(2)25-24(34-14-42-25)26(41)38-23(17-5-8-27(29,30)9-6-17)19-13-39-20(36-19)11-18(12-35-39)22(16-3-4-16)37-21(40)7-10-28(31,32)33/h11-17,22-23H,3-10H2,1-2H3,(H,37,40)(H,38,41)/t22-,23+/m1/s1. The van der Waals surface area contributed by atoms with Gasteiger partial charge in [0.25, 0.3) is 5.91 Å². The first kappa shape index (κ1) is 29.9. The van der Waals surface area contributed by atoms with E-state index in [-0.39, 0.29) is 49.1 Å². The van der Waals surface area contributed by atoms with E-state index in [1.807, 2.05) is 13.8 Å². The lowest BCUT2D eigenvalue weighted by atomic mass is 9.81. The van der Waals surface area contributed by atoms with Crippen LogP contribution < -0.4 is 10.6 Å². The third-order valence-corrected chi connectivity index (χ3v) is 7.94. The Morgan fingerprint density at radius 2 is 1.79 bits per heavy atom. The molecule has 0 unspecified atom stereocenters. The number of amides is 2. The maximum Gasteiger partial charge on any atom is 0.389 e. The minimum atomic E-state index is -4.43. The molecule has 228 valence electrons. The number of hydrogen-bond donors (Lipinski definition) is 2. The third kappa shape index (κ3) is 7.06. The van der Waals surface area contributed by atoms with Crippen molar-refractivity contribution in [2.45, 2.75) is 95.3 Å². The largest absolute Gasteiger partial charge is 0.447 e. The zero-order chi connectivity index (χ0) is 30.2. The Kier molecular flexibility index (Phi) is 8.26. The van der Waals surface area contributed by atoms with E-state index < -0.39 is 48.8 Å². The highest BCUT2D eigenvalue weighted by Crippen LogP contribution is 2.43. The lowest BCUT2D eigenvalue weighted by Crippen LogP contribution is -2.37. The molecule has 2 aliphatic carbocycles. The Morgan fingerprint density at radius 3 is 2.43 bits per heavy atom. The molecule has 2 fully saturated rings. The van der Waals surface area contributed by atoms with Crippen molar-refractivity contribution in [3.63, 3.8) is 0 Å². The summed E-state index contributed by atoms with van der Waals surface area (Å²) in [4.78, 5) is 34.3. The first-order chi connectivity index (χ1) is 19.8. The Bertz CT molecular complexity index is 1420. The number of nitrogens with one attached hydrogen (secondary N) is 2. The quantitative estimate of drug-likeness (QED) is 0.276. The van der Waals surface area contributed by atoms with Crippen LogP contribution >= 0.6 is 0 Å². The van der Waals surface area contributed by atoms with Gasteiger partial charge in [-0.15, -0.1) is 0 Å². The molecule has 2 saturated carbocycles. The van der Waals surface area contributed by atoms with Crippen molar-refractivity contribution in [2.75, 3.05) is 0 Å². The molecule has 2 aliphatic rings. The predicted molar refractivity (Wildman–Crippen MR) is 140 cm³/mol. The zero-order valence-electron chi connectivity index (χ0n) is 23.3. The fraction of sp³-hybridized carbons (Fsp3) is 0.607. The normalized spacial score (nSPS) is 19.1. The summed E-state index contributed by atoms with van der Waals surface area (Å²) in [5.74, 6) is -3.90. The highest BCUT2D eigenvalue weighted by atomic mass is 19.4. The van der Waals surface area contributed by atoms with Gasteiger partial charge in [-0.1, -0.05) is 13.8 Å². The molecule has 0 aromatic carbocycles. The molecule has 2 atom stereocenters. The van der Waals surface area contributed by atoms with Crippen LogP contribution in [0.25, 0.3) is 5.65 Å². The molecule has 3 aromatic heterocycles. The van der Waals surface area contributed by atoms with Gasteiger partial charge in [-0.05, 0) is 49.1 Å². The molecule has 0 saturated heterocycles. The van der Waals surface area contributed by atoms with Crippen LogP contribution in [0.2, 0.25) is 0 Å². The summed E-state index contributed by atoms with van der Waals surface area (Å²) in [5.41, 5.74) is 1.54. The van der Waals surface area contributed by atoms with E-state index in [1.165, 1.54) is 17.1 Å². The number of oxazole rings is 1. The van der Waals surface area contributed by atoms with E-state index in [4.69, 9.17) is 4.42 Å². The third-order valence-electron chi connectivity index (χ3n) is 7.94. The van der Waals surface area contributed by atoms with Crippen molar-refractivity contribution in [3.05, 3.63) is 47.6 Å². The van der Waals surface area contributed by atoms with Crippen molar-refractivity contribution in [1.29, 1.82) is 0 Å². The molecule has 0 bridgehead atoms. The van der Waals surface area contributed by atoms with E-state index >= 15 is 0 Å². The maximum absolute atomic E-state index is 14.0. The number of hydrogen-bond acceptors (Lipinski definition) is 6. The summed E-state index contributed by atoms with van der Waals surface area (Å²) < 4.78 is 72.7. The Morgan fingerprint density at radius 1 is 1.10 bits per heavy atom. The van der Waals surface area contributed by atoms with Gasteiger partial charge >= 0.3 is 6.18 Å². The molecule has 5 rings (SSSR count). The van der Waals surface area contributed by atoms with E-state index in [2.05, 4.69) is 25.7 Å². The molecule has 3 aromatic rings. The van der Waals surface area contributed by atoms with Crippen LogP contribution in [0.4, 0.5) is 22.0 Å². The average Bonchev–Trinajstić information content (AvgIpc) is 3.47. The number of halogens is 5. The first-order valence-electron chi connectivity index (χ1n) is 14.1. The number of carbonyl (C=O) groups excluding carboxylic acids is 2. The van der Waals surface area contributed by atoms with E-state index in [9.17, 15) is 31.5 Å². The van der Waals surface area contributed by atoms with E-state index in [0.717, 1.165) is 12.8 Å². The van der Waals surface area contributed by atoms with Crippen molar-refractivity contribution in [3.8, 4) is 0 Å². The monoisotopic (exact) mass is 596 g/mol. The Labute approximate surface area is 238 Å². The number of rotatable bonds is 10. The summed E-state index contributed by atoms with van der Waals surface area (Å²) in [5, 5.41) is 10.1. The van der Waals surface area contributed by atoms with Gasteiger partial charge < -0.3 is 15.1 Å². The van der Waals surface area contributed by atoms with Crippen LogP contribution in [0.15, 0.2) is 29.3 Å². The summed E-state index contributed by atoms with van der Waals surface area (Å²) in [6.07, 6.45) is -0.587. The SMILES string of the molecule is CC(C)c1ocnc1C(=O)N[C@H](c1cn2ncc([C@H](NC(=O)CCC(F)(F)F)C3CC3)cc2n1)C1CCC(F)(F)CC1. The second kappa shape index (κ2) is 11.6. The molecule has 14 heteroatoms. The predicted octanol–water partition coefficient (Wildman–Crippen LogP) is 6.05. The molecule has 2 N–H and O–H groups in total. The van der Waals surface area contributed by atoms with Gasteiger partial charge in [0.15, 0.2) is 17.7 Å². The lowest BCUT2D eigenvalue weighted by molar-refractivity contribution is -0.144. The van der Waals surface area contributed by atoms with Gasteiger partial charge in [0.2, 0.25) is 11.8 Å². The molecule has 0 spiro atoms. The lowest BCUT2D eigenvalue weighted by Gasteiger charge is -2.33. The molecular formula is C28H33F5N6O3. The smallest absolute Gasteiger partial charge is 0.389 e. The minimum Gasteiger partial charge on any atom is -0.447 e.